The van der Waals surface area contributed by atoms with E-state index in [2.05, 4.69) is 19.9 Å². The highest BCUT2D eigenvalue weighted by molar-refractivity contribution is 7.80. The smallest absolute Gasteiger partial charge is 0.0991 e. The summed E-state index contributed by atoms with van der Waals surface area (Å²) < 4.78 is 0. The van der Waals surface area contributed by atoms with Crippen LogP contribution in [0.1, 0.15) is 58.8 Å². The lowest BCUT2D eigenvalue weighted by Crippen LogP contribution is -2.11. The summed E-state index contributed by atoms with van der Waals surface area (Å²) in [6.45, 7) is 4.39. The first kappa shape index (κ1) is 13.6. The van der Waals surface area contributed by atoms with E-state index >= 15 is 0 Å². The van der Waals surface area contributed by atoms with Crippen LogP contribution < -0.4 is 5.73 Å². The Kier molecular flexibility index (Phi) is 8.95. The van der Waals surface area contributed by atoms with E-state index in [9.17, 15) is 0 Å². The third kappa shape index (κ3) is 7.07. The molecule has 0 saturated heterocycles. The van der Waals surface area contributed by atoms with Crippen LogP contribution in [0.2, 0.25) is 0 Å². The number of allylic oxidation sites excluding steroid dienone is 1. The molecule has 0 aliphatic rings. The van der Waals surface area contributed by atoms with E-state index in [1.165, 1.54) is 31.3 Å². The van der Waals surface area contributed by atoms with Gasteiger partial charge in [-0.15, -0.1) is 0 Å². The number of unbranched alkanes of at least 4 members (excludes halogenated alkanes) is 4. The zero-order valence-electron chi connectivity index (χ0n) is 9.51. The van der Waals surface area contributed by atoms with Gasteiger partial charge < -0.3 is 5.73 Å². The quantitative estimate of drug-likeness (QED) is 0.375. The van der Waals surface area contributed by atoms with E-state index in [1.807, 2.05) is 0 Å². The molecular formula is C12H23NS. The summed E-state index contributed by atoms with van der Waals surface area (Å²) in [6, 6.07) is 0. The van der Waals surface area contributed by atoms with Gasteiger partial charge in [0.05, 0.1) is 4.99 Å². The average Bonchev–Trinajstić information content (AvgIpc) is 2.15. The molecule has 0 spiro atoms. The van der Waals surface area contributed by atoms with Gasteiger partial charge in [-0.25, -0.2) is 0 Å². The molecule has 0 aromatic rings. The Bertz CT molecular complexity index is 185. The van der Waals surface area contributed by atoms with Crippen molar-refractivity contribution in [2.24, 2.45) is 5.73 Å². The van der Waals surface area contributed by atoms with Gasteiger partial charge in [0.1, 0.15) is 0 Å². The molecule has 2 heteroatoms. The van der Waals surface area contributed by atoms with Crippen LogP contribution in [0.25, 0.3) is 0 Å². The Morgan fingerprint density at radius 1 is 1.14 bits per heavy atom. The fourth-order valence-electron chi connectivity index (χ4n) is 1.44. The van der Waals surface area contributed by atoms with E-state index in [1.54, 1.807) is 0 Å². The molecule has 0 atom stereocenters. The summed E-state index contributed by atoms with van der Waals surface area (Å²) >= 11 is 4.99. The van der Waals surface area contributed by atoms with Crippen molar-refractivity contribution in [3.05, 3.63) is 11.6 Å². The van der Waals surface area contributed by atoms with Crippen LogP contribution in [0, 0.1) is 0 Å². The first-order chi connectivity index (χ1) is 6.72. The van der Waals surface area contributed by atoms with Crippen LogP contribution in [-0.4, -0.2) is 4.99 Å². The molecule has 1 nitrogen and oxygen atoms in total. The highest BCUT2D eigenvalue weighted by atomic mass is 32.1. The Morgan fingerprint density at radius 3 is 2.36 bits per heavy atom. The van der Waals surface area contributed by atoms with Crippen LogP contribution >= 0.6 is 12.2 Å². The maximum atomic E-state index is 5.63. The summed E-state index contributed by atoms with van der Waals surface area (Å²) in [6.07, 6.45) is 10.7. The van der Waals surface area contributed by atoms with Crippen LogP contribution in [-0.2, 0) is 0 Å². The lowest BCUT2D eigenvalue weighted by molar-refractivity contribution is 0.673. The van der Waals surface area contributed by atoms with Crippen molar-refractivity contribution in [2.75, 3.05) is 0 Å². The van der Waals surface area contributed by atoms with Crippen molar-refractivity contribution in [2.45, 2.75) is 58.8 Å². The first-order valence-corrected chi connectivity index (χ1v) is 6.12. The van der Waals surface area contributed by atoms with Gasteiger partial charge in [-0.05, 0) is 24.8 Å². The number of thiocarbonyl (C=S) groups is 1. The van der Waals surface area contributed by atoms with Crippen molar-refractivity contribution in [1.29, 1.82) is 0 Å². The van der Waals surface area contributed by atoms with Crippen molar-refractivity contribution < 1.29 is 0 Å². The van der Waals surface area contributed by atoms with E-state index in [0.29, 0.717) is 4.99 Å². The van der Waals surface area contributed by atoms with Crippen molar-refractivity contribution in [3.63, 3.8) is 0 Å². The van der Waals surface area contributed by atoms with E-state index in [-0.39, 0.29) is 0 Å². The molecule has 0 aliphatic carbocycles. The lowest BCUT2D eigenvalue weighted by Gasteiger charge is -2.03. The molecule has 14 heavy (non-hydrogen) atoms. The molecule has 0 aliphatic heterocycles. The van der Waals surface area contributed by atoms with Gasteiger partial charge in [0.25, 0.3) is 0 Å². The Morgan fingerprint density at radius 2 is 1.86 bits per heavy atom. The van der Waals surface area contributed by atoms with Crippen molar-refractivity contribution >= 4 is 17.2 Å². The maximum Gasteiger partial charge on any atom is 0.0991 e. The van der Waals surface area contributed by atoms with Crippen LogP contribution in [0.4, 0.5) is 0 Å². The highest BCUT2D eigenvalue weighted by Crippen LogP contribution is 2.10. The third-order valence-electron chi connectivity index (χ3n) is 2.28. The number of rotatable bonds is 8. The first-order valence-electron chi connectivity index (χ1n) is 5.71. The largest absolute Gasteiger partial charge is 0.390 e. The topological polar surface area (TPSA) is 26.0 Å². The maximum absolute atomic E-state index is 5.63. The molecule has 0 amide bonds. The number of nitrogens with two attached hydrogens (primary N) is 1. The summed E-state index contributed by atoms with van der Waals surface area (Å²) in [4.78, 5) is 0.586. The predicted octanol–water partition coefficient (Wildman–Crippen LogP) is 3.97. The van der Waals surface area contributed by atoms with Gasteiger partial charge in [-0.2, -0.15) is 0 Å². The zero-order valence-corrected chi connectivity index (χ0v) is 10.3. The molecule has 0 aromatic heterocycles. The lowest BCUT2D eigenvalue weighted by atomic mass is 10.1. The Balaban J connectivity index is 3.73. The van der Waals surface area contributed by atoms with E-state index in [0.717, 1.165) is 19.3 Å². The minimum Gasteiger partial charge on any atom is -0.390 e. The minimum atomic E-state index is 0.586. The third-order valence-corrected chi connectivity index (χ3v) is 2.55. The van der Waals surface area contributed by atoms with E-state index < -0.39 is 0 Å². The van der Waals surface area contributed by atoms with E-state index in [4.69, 9.17) is 18.0 Å². The molecule has 0 heterocycles. The summed E-state index contributed by atoms with van der Waals surface area (Å²) in [5, 5.41) is 0. The monoisotopic (exact) mass is 213 g/mol. The zero-order chi connectivity index (χ0) is 10.8. The fraction of sp³-hybridized carbons (Fsp3) is 0.750. The Labute approximate surface area is 93.8 Å². The van der Waals surface area contributed by atoms with Gasteiger partial charge >= 0.3 is 0 Å². The highest BCUT2D eigenvalue weighted by Gasteiger charge is 1.98. The normalized spacial score (nSPS) is 11.7. The molecule has 0 aromatic carbocycles. The molecular weight excluding hydrogens is 190 g/mol. The molecule has 82 valence electrons. The second-order valence-corrected chi connectivity index (χ2v) is 4.13. The SMILES string of the molecule is CCCCCCC=C(CCC)C(N)=S. The molecule has 0 radical (unpaired) electrons. The number of hydrogen-bond donors (Lipinski definition) is 1. The fourth-order valence-corrected chi connectivity index (χ4v) is 1.63. The summed E-state index contributed by atoms with van der Waals surface area (Å²) in [5.74, 6) is 0. The van der Waals surface area contributed by atoms with Gasteiger partial charge in [0.15, 0.2) is 0 Å². The Hall–Kier alpha value is -0.370. The molecule has 0 bridgehead atoms. The van der Waals surface area contributed by atoms with Gasteiger partial charge in [0, 0.05) is 0 Å². The van der Waals surface area contributed by atoms with Crippen LogP contribution in [0.3, 0.4) is 0 Å². The minimum absolute atomic E-state index is 0.586. The molecule has 0 unspecified atom stereocenters. The summed E-state index contributed by atoms with van der Waals surface area (Å²) in [5.41, 5.74) is 6.81. The second-order valence-electron chi connectivity index (χ2n) is 3.69. The second kappa shape index (κ2) is 9.20. The van der Waals surface area contributed by atoms with Crippen LogP contribution in [0.15, 0.2) is 11.6 Å². The predicted molar refractivity (Wildman–Crippen MR) is 68.5 cm³/mol. The van der Waals surface area contributed by atoms with Crippen molar-refractivity contribution in [3.8, 4) is 0 Å². The van der Waals surface area contributed by atoms with Crippen molar-refractivity contribution in [1.82, 2.24) is 0 Å². The standard InChI is InChI=1S/C12H23NS/c1-3-5-6-7-8-10-11(9-4-2)12(13)14/h10H,3-9H2,1-2H3,(H2,13,14). The molecule has 2 N–H and O–H groups in total. The molecule has 0 saturated carbocycles. The molecule has 0 rings (SSSR count). The number of hydrogen-bond acceptors (Lipinski definition) is 1. The summed E-state index contributed by atoms with van der Waals surface area (Å²) in [7, 11) is 0. The van der Waals surface area contributed by atoms with Gasteiger partial charge in [-0.3, -0.25) is 0 Å². The average molecular weight is 213 g/mol. The van der Waals surface area contributed by atoms with Gasteiger partial charge in [0.2, 0.25) is 0 Å². The molecule has 0 fully saturated rings. The van der Waals surface area contributed by atoms with Crippen LogP contribution in [0.5, 0.6) is 0 Å². The van der Waals surface area contributed by atoms with Gasteiger partial charge in [-0.1, -0.05) is 57.8 Å².